The molecule has 4 nitrogen and oxygen atoms in total. The highest BCUT2D eigenvalue weighted by molar-refractivity contribution is 5.96. The van der Waals surface area contributed by atoms with Crippen LogP contribution in [0.2, 0.25) is 0 Å². The maximum atomic E-state index is 13.0. The Bertz CT molecular complexity index is 840. The predicted molar refractivity (Wildman–Crippen MR) is 96.7 cm³/mol. The fourth-order valence-electron chi connectivity index (χ4n) is 3.78. The number of nitrogens with zero attached hydrogens (tertiary/aromatic N) is 2. The van der Waals surface area contributed by atoms with Crippen LogP contribution in [0.5, 0.6) is 0 Å². The highest BCUT2D eigenvalue weighted by Crippen LogP contribution is 2.23. The van der Waals surface area contributed by atoms with Crippen LogP contribution in [0, 0.1) is 5.82 Å². The first kappa shape index (κ1) is 16.8. The Kier molecular flexibility index (Phi) is 4.45. The van der Waals surface area contributed by atoms with Gasteiger partial charge in [-0.2, -0.15) is 0 Å². The average molecular weight is 352 g/mol. The molecule has 2 aromatic rings. The molecule has 0 bridgehead atoms. The van der Waals surface area contributed by atoms with E-state index >= 15 is 0 Å². The lowest BCUT2D eigenvalue weighted by Crippen LogP contribution is -2.50. The molecule has 0 atom stereocenters. The second kappa shape index (κ2) is 6.90. The number of carbonyl (C=O) groups excluding carboxylic acids is 2. The van der Waals surface area contributed by atoms with Gasteiger partial charge in [0, 0.05) is 37.3 Å². The Morgan fingerprint density at radius 3 is 1.92 bits per heavy atom. The third-order valence-electron chi connectivity index (χ3n) is 5.29. The van der Waals surface area contributed by atoms with Crippen LogP contribution in [-0.4, -0.2) is 47.8 Å². The van der Waals surface area contributed by atoms with Crippen LogP contribution in [0.4, 0.5) is 4.39 Å². The number of piperazine rings is 1. The predicted octanol–water partition coefficient (Wildman–Crippen LogP) is 2.91. The van der Waals surface area contributed by atoms with Gasteiger partial charge in [0.15, 0.2) is 0 Å². The molecule has 0 spiro atoms. The number of aryl methyl sites for hydroxylation is 2. The Morgan fingerprint density at radius 1 is 0.731 bits per heavy atom. The number of hydrogen-bond acceptors (Lipinski definition) is 2. The maximum Gasteiger partial charge on any atom is 0.253 e. The van der Waals surface area contributed by atoms with E-state index in [1.54, 1.807) is 4.90 Å². The molecule has 1 aliphatic heterocycles. The zero-order valence-corrected chi connectivity index (χ0v) is 14.6. The molecule has 2 amide bonds. The van der Waals surface area contributed by atoms with E-state index in [9.17, 15) is 14.0 Å². The number of carbonyl (C=O) groups is 2. The van der Waals surface area contributed by atoms with E-state index in [1.807, 2.05) is 17.0 Å². The Hall–Kier alpha value is -2.69. The number of hydrogen-bond donors (Lipinski definition) is 0. The summed E-state index contributed by atoms with van der Waals surface area (Å²) in [5.74, 6) is -0.436. The SMILES string of the molecule is O=C(c1ccc(F)cc1)N1CCN(C(=O)c2ccc3c(c2)CCC3)CC1. The second-order valence-corrected chi connectivity index (χ2v) is 6.93. The van der Waals surface area contributed by atoms with Gasteiger partial charge in [-0.15, -0.1) is 0 Å². The van der Waals surface area contributed by atoms with Gasteiger partial charge in [0.05, 0.1) is 0 Å². The largest absolute Gasteiger partial charge is 0.335 e. The lowest BCUT2D eigenvalue weighted by molar-refractivity contribution is 0.0535. The fourth-order valence-corrected chi connectivity index (χ4v) is 3.78. The Balaban J connectivity index is 1.39. The number of rotatable bonds is 2. The van der Waals surface area contributed by atoms with Crippen molar-refractivity contribution in [1.82, 2.24) is 9.80 Å². The van der Waals surface area contributed by atoms with E-state index in [4.69, 9.17) is 0 Å². The summed E-state index contributed by atoms with van der Waals surface area (Å²) < 4.78 is 13.0. The minimum absolute atomic E-state index is 0.0357. The van der Waals surface area contributed by atoms with Crippen molar-refractivity contribution >= 4 is 11.8 Å². The molecule has 1 heterocycles. The van der Waals surface area contributed by atoms with E-state index in [2.05, 4.69) is 6.07 Å². The highest BCUT2D eigenvalue weighted by Gasteiger charge is 2.26. The molecule has 1 fully saturated rings. The summed E-state index contributed by atoms with van der Waals surface area (Å²) in [4.78, 5) is 28.8. The van der Waals surface area contributed by atoms with Crippen molar-refractivity contribution in [2.75, 3.05) is 26.2 Å². The summed E-state index contributed by atoms with van der Waals surface area (Å²) in [5.41, 5.74) is 3.87. The fraction of sp³-hybridized carbons (Fsp3) is 0.333. The molecule has 2 aliphatic rings. The van der Waals surface area contributed by atoms with Gasteiger partial charge in [0.2, 0.25) is 0 Å². The highest BCUT2D eigenvalue weighted by atomic mass is 19.1. The molecule has 4 rings (SSSR count). The van der Waals surface area contributed by atoms with Crippen LogP contribution in [0.25, 0.3) is 0 Å². The molecule has 1 aliphatic carbocycles. The van der Waals surface area contributed by atoms with Gasteiger partial charge >= 0.3 is 0 Å². The number of benzene rings is 2. The molecule has 0 saturated carbocycles. The van der Waals surface area contributed by atoms with Crippen molar-refractivity contribution in [3.05, 3.63) is 70.5 Å². The van der Waals surface area contributed by atoms with Gasteiger partial charge in [0.1, 0.15) is 5.82 Å². The summed E-state index contributed by atoms with van der Waals surface area (Å²) in [6.45, 7) is 2.02. The first-order valence-corrected chi connectivity index (χ1v) is 9.08. The van der Waals surface area contributed by atoms with Crippen LogP contribution in [-0.2, 0) is 12.8 Å². The quantitative estimate of drug-likeness (QED) is 0.834. The lowest BCUT2D eigenvalue weighted by atomic mass is 10.1. The smallest absolute Gasteiger partial charge is 0.253 e. The molecule has 1 saturated heterocycles. The monoisotopic (exact) mass is 352 g/mol. The third kappa shape index (κ3) is 3.21. The van der Waals surface area contributed by atoms with Gasteiger partial charge in [0.25, 0.3) is 11.8 Å². The molecular formula is C21H21FN2O2. The van der Waals surface area contributed by atoms with E-state index in [0.717, 1.165) is 24.8 Å². The molecule has 134 valence electrons. The summed E-state index contributed by atoms with van der Waals surface area (Å²) in [6, 6.07) is 11.6. The van der Waals surface area contributed by atoms with Crippen LogP contribution in [0.3, 0.4) is 0 Å². The van der Waals surface area contributed by atoms with E-state index < -0.39 is 0 Å². The summed E-state index contributed by atoms with van der Waals surface area (Å²) in [7, 11) is 0. The van der Waals surface area contributed by atoms with Crippen molar-refractivity contribution in [3.8, 4) is 0 Å². The van der Waals surface area contributed by atoms with Crippen molar-refractivity contribution in [3.63, 3.8) is 0 Å². The second-order valence-electron chi connectivity index (χ2n) is 6.93. The van der Waals surface area contributed by atoms with Gasteiger partial charge in [-0.05, 0) is 66.8 Å². The number of amides is 2. The zero-order chi connectivity index (χ0) is 18.1. The zero-order valence-electron chi connectivity index (χ0n) is 14.6. The van der Waals surface area contributed by atoms with Crippen LogP contribution in [0.15, 0.2) is 42.5 Å². The van der Waals surface area contributed by atoms with E-state index in [-0.39, 0.29) is 17.6 Å². The molecule has 26 heavy (non-hydrogen) atoms. The molecule has 2 aromatic carbocycles. The molecule has 0 N–H and O–H groups in total. The van der Waals surface area contributed by atoms with Crippen molar-refractivity contribution in [1.29, 1.82) is 0 Å². The average Bonchev–Trinajstić information content (AvgIpc) is 3.15. The lowest BCUT2D eigenvalue weighted by Gasteiger charge is -2.35. The molecular weight excluding hydrogens is 331 g/mol. The number of halogens is 1. The minimum Gasteiger partial charge on any atom is -0.335 e. The Morgan fingerprint density at radius 2 is 1.27 bits per heavy atom. The number of fused-ring (bicyclic) bond motifs is 1. The minimum atomic E-state index is -0.355. The first-order valence-electron chi connectivity index (χ1n) is 9.08. The van der Waals surface area contributed by atoms with E-state index in [0.29, 0.717) is 31.7 Å². The first-order chi connectivity index (χ1) is 12.6. The van der Waals surface area contributed by atoms with E-state index in [1.165, 1.54) is 35.4 Å². The topological polar surface area (TPSA) is 40.6 Å². The summed E-state index contributed by atoms with van der Waals surface area (Å²) in [6.07, 6.45) is 3.32. The molecule has 0 radical (unpaired) electrons. The standard InChI is InChI=1S/C21H21FN2O2/c22-19-8-6-16(7-9-19)20(25)23-10-12-24(13-11-23)21(26)18-5-4-15-2-1-3-17(15)14-18/h4-9,14H,1-3,10-13H2. The molecule has 5 heteroatoms. The van der Waals surface area contributed by atoms with Crippen molar-refractivity contribution in [2.45, 2.75) is 19.3 Å². The van der Waals surface area contributed by atoms with Crippen molar-refractivity contribution in [2.24, 2.45) is 0 Å². The normalized spacial score (nSPS) is 16.5. The van der Waals surface area contributed by atoms with Gasteiger partial charge in [-0.3, -0.25) is 9.59 Å². The van der Waals surface area contributed by atoms with Gasteiger partial charge in [-0.1, -0.05) is 6.07 Å². The van der Waals surface area contributed by atoms with Gasteiger partial charge in [-0.25, -0.2) is 4.39 Å². The van der Waals surface area contributed by atoms with Gasteiger partial charge < -0.3 is 9.80 Å². The van der Waals surface area contributed by atoms with Crippen LogP contribution >= 0.6 is 0 Å². The third-order valence-corrected chi connectivity index (χ3v) is 5.29. The molecule has 0 aromatic heterocycles. The maximum absolute atomic E-state index is 13.0. The Labute approximate surface area is 152 Å². The van der Waals surface area contributed by atoms with Crippen LogP contribution in [0.1, 0.15) is 38.3 Å². The summed E-state index contributed by atoms with van der Waals surface area (Å²) >= 11 is 0. The molecule has 0 unspecified atom stereocenters. The van der Waals surface area contributed by atoms with Crippen LogP contribution < -0.4 is 0 Å². The summed E-state index contributed by atoms with van der Waals surface area (Å²) in [5, 5.41) is 0. The van der Waals surface area contributed by atoms with Crippen molar-refractivity contribution < 1.29 is 14.0 Å².